The lowest BCUT2D eigenvalue weighted by Crippen LogP contribution is -2.32. The Morgan fingerprint density at radius 2 is 2.03 bits per heavy atom. The maximum Gasteiger partial charge on any atom is 0.220 e. The van der Waals surface area contributed by atoms with E-state index in [1.165, 1.54) is 16.7 Å². The van der Waals surface area contributed by atoms with Crippen LogP contribution in [0, 0.1) is 13.8 Å². The molecule has 3 aromatic rings. The van der Waals surface area contributed by atoms with Crippen molar-refractivity contribution in [3.8, 4) is 11.4 Å². The summed E-state index contributed by atoms with van der Waals surface area (Å²) in [4.78, 5) is 12.5. The van der Waals surface area contributed by atoms with Crippen LogP contribution in [-0.2, 0) is 21.7 Å². The van der Waals surface area contributed by atoms with E-state index >= 15 is 0 Å². The molecule has 1 aromatic heterocycles. The van der Waals surface area contributed by atoms with Gasteiger partial charge in [0.05, 0.1) is 18.9 Å². The molecule has 0 spiro atoms. The minimum atomic E-state index is 0.000122. The fourth-order valence-electron chi connectivity index (χ4n) is 4.21. The molecular weight excluding hydrogens is 448 g/mol. The molecule has 1 fully saturated rings. The molecule has 7 nitrogen and oxygen atoms in total. The zero-order chi connectivity index (χ0) is 23.9. The van der Waals surface area contributed by atoms with Gasteiger partial charge < -0.3 is 14.8 Å². The second-order valence-corrected chi connectivity index (χ2v) is 9.60. The highest BCUT2D eigenvalue weighted by molar-refractivity contribution is 7.98. The first-order valence-electron chi connectivity index (χ1n) is 11.7. The average Bonchev–Trinajstić information content (AvgIpc) is 3.49. The number of aromatic nitrogens is 3. The van der Waals surface area contributed by atoms with Gasteiger partial charge >= 0.3 is 0 Å². The van der Waals surface area contributed by atoms with Gasteiger partial charge in [0.15, 0.2) is 5.16 Å². The van der Waals surface area contributed by atoms with Crippen molar-refractivity contribution in [1.29, 1.82) is 0 Å². The summed E-state index contributed by atoms with van der Waals surface area (Å²) in [5.74, 6) is 2.30. The van der Waals surface area contributed by atoms with Gasteiger partial charge in [-0.2, -0.15) is 0 Å². The number of methoxy groups -OCH3 is 1. The molecule has 2 aromatic carbocycles. The van der Waals surface area contributed by atoms with E-state index in [0.29, 0.717) is 19.4 Å². The number of carbonyl (C=O) groups excluding carboxylic acids is 1. The van der Waals surface area contributed by atoms with Crippen LogP contribution in [0.5, 0.6) is 5.75 Å². The molecule has 1 saturated heterocycles. The lowest BCUT2D eigenvalue weighted by Gasteiger charge is -2.13. The van der Waals surface area contributed by atoms with Crippen molar-refractivity contribution in [1.82, 2.24) is 20.1 Å². The van der Waals surface area contributed by atoms with Gasteiger partial charge in [-0.25, -0.2) is 0 Å². The van der Waals surface area contributed by atoms with Gasteiger partial charge in [-0.15, -0.1) is 10.2 Å². The molecule has 2 heterocycles. The highest BCUT2D eigenvalue weighted by Crippen LogP contribution is 2.28. The van der Waals surface area contributed by atoms with E-state index in [0.717, 1.165) is 47.6 Å². The van der Waals surface area contributed by atoms with E-state index < -0.39 is 0 Å². The molecule has 34 heavy (non-hydrogen) atoms. The van der Waals surface area contributed by atoms with Gasteiger partial charge in [-0.05, 0) is 44.4 Å². The molecule has 0 bridgehead atoms. The maximum absolute atomic E-state index is 12.5. The fraction of sp³-hybridized carbons (Fsp3) is 0.423. The zero-order valence-corrected chi connectivity index (χ0v) is 20.9. The first-order chi connectivity index (χ1) is 16.5. The first-order valence-corrected chi connectivity index (χ1v) is 12.7. The van der Waals surface area contributed by atoms with Crippen LogP contribution in [0.2, 0.25) is 0 Å². The molecular formula is C26H32N4O3S. The van der Waals surface area contributed by atoms with Gasteiger partial charge in [-0.3, -0.25) is 9.36 Å². The summed E-state index contributed by atoms with van der Waals surface area (Å²) in [7, 11) is 1.65. The minimum absolute atomic E-state index is 0.000122. The van der Waals surface area contributed by atoms with Crippen molar-refractivity contribution in [3.05, 3.63) is 65.0 Å². The van der Waals surface area contributed by atoms with E-state index in [4.69, 9.17) is 9.47 Å². The Balaban J connectivity index is 1.49. The summed E-state index contributed by atoms with van der Waals surface area (Å²) in [5.41, 5.74) is 4.67. The van der Waals surface area contributed by atoms with Crippen molar-refractivity contribution in [2.24, 2.45) is 0 Å². The van der Waals surface area contributed by atoms with Gasteiger partial charge in [0.2, 0.25) is 5.91 Å². The van der Waals surface area contributed by atoms with Gasteiger partial charge in [0, 0.05) is 37.8 Å². The Morgan fingerprint density at radius 1 is 1.21 bits per heavy atom. The van der Waals surface area contributed by atoms with Crippen molar-refractivity contribution < 1.29 is 14.3 Å². The van der Waals surface area contributed by atoms with Crippen molar-refractivity contribution in [2.75, 3.05) is 20.3 Å². The number of aryl methyl sites for hydroxylation is 3. The molecule has 1 unspecified atom stereocenters. The smallest absolute Gasteiger partial charge is 0.220 e. The second kappa shape index (κ2) is 11.5. The summed E-state index contributed by atoms with van der Waals surface area (Å²) >= 11 is 1.64. The monoisotopic (exact) mass is 480 g/mol. The third-order valence-corrected chi connectivity index (χ3v) is 6.79. The predicted octanol–water partition coefficient (Wildman–Crippen LogP) is 4.41. The average molecular weight is 481 g/mol. The van der Waals surface area contributed by atoms with Gasteiger partial charge in [0.1, 0.15) is 11.6 Å². The lowest BCUT2D eigenvalue weighted by molar-refractivity contribution is -0.121. The standard InChI is InChI=1S/C26H32N4O3S/c1-18-12-19(2)14-20(13-18)17-34-26-29-28-24(30(26)21-6-4-7-22(15-21)32-3)9-10-25(31)27-16-23-8-5-11-33-23/h4,6-7,12-15,23H,5,8-11,16-17H2,1-3H3,(H,27,31). The van der Waals surface area contributed by atoms with E-state index in [1.807, 2.05) is 28.8 Å². The molecule has 1 atom stereocenters. The quantitative estimate of drug-likeness (QED) is 0.433. The van der Waals surface area contributed by atoms with Crippen molar-refractivity contribution in [2.45, 2.75) is 56.5 Å². The van der Waals surface area contributed by atoms with Crippen molar-refractivity contribution >= 4 is 17.7 Å². The third kappa shape index (κ3) is 6.39. The molecule has 0 radical (unpaired) electrons. The third-order valence-electron chi connectivity index (χ3n) is 5.79. The summed E-state index contributed by atoms with van der Waals surface area (Å²) in [5, 5.41) is 12.7. The molecule has 1 aliphatic rings. The molecule has 1 amide bonds. The van der Waals surface area contributed by atoms with E-state index in [-0.39, 0.29) is 12.0 Å². The number of nitrogens with zero attached hydrogens (tertiary/aromatic N) is 3. The number of hydrogen-bond acceptors (Lipinski definition) is 6. The number of nitrogens with one attached hydrogen (secondary N) is 1. The predicted molar refractivity (Wildman–Crippen MR) is 134 cm³/mol. The van der Waals surface area contributed by atoms with Crippen LogP contribution in [0.1, 0.15) is 41.8 Å². The number of benzene rings is 2. The number of amides is 1. The summed E-state index contributed by atoms with van der Waals surface area (Å²) in [6.45, 7) is 5.58. The Bertz CT molecular complexity index is 1100. The van der Waals surface area contributed by atoms with E-state index in [9.17, 15) is 4.79 Å². The van der Waals surface area contributed by atoms with Crippen molar-refractivity contribution in [3.63, 3.8) is 0 Å². The van der Waals surface area contributed by atoms with Gasteiger partial charge in [0.25, 0.3) is 0 Å². The van der Waals surface area contributed by atoms with E-state index in [2.05, 4.69) is 47.6 Å². The number of rotatable bonds is 10. The highest BCUT2D eigenvalue weighted by atomic mass is 32.2. The molecule has 4 rings (SSSR count). The topological polar surface area (TPSA) is 78.3 Å². The zero-order valence-electron chi connectivity index (χ0n) is 20.0. The van der Waals surface area contributed by atoms with Crippen LogP contribution in [-0.4, -0.2) is 47.0 Å². The normalized spacial score (nSPS) is 15.4. The molecule has 0 saturated carbocycles. The maximum atomic E-state index is 12.5. The second-order valence-electron chi connectivity index (χ2n) is 8.66. The first kappa shape index (κ1) is 24.3. The van der Waals surface area contributed by atoms with Crippen LogP contribution >= 0.6 is 11.8 Å². The molecule has 180 valence electrons. The Morgan fingerprint density at radius 3 is 2.76 bits per heavy atom. The summed E-state index contributed by atoms with van der Waals surface area (Å²) in [6, 6.07) is 14.4. The van der Waals surface area contributed by atoms with E-state index in [1.54, 1.807) is 18.9 Å². The van der Waals surface area contributed by atoms with Crippen LogP contribution < -0.4 is 10.1 Å². The fourth-order valence-corrected chi connectivity index (χ4v) is 5.11. The number of ether oxygens (including phenoxy) is 2. The SMILES string of the molecule is COc1cccc(-n2c(CCC(=O)NCC3CCCO3)nnc2SCc2cc(C)cc(C)c2)c1. The molecule has 0 aliphatic carbocycles. The minimum Gasteiger partial charge on any atom is -0.497 e. The largest absolute Gasteiger partial charge is 0.497 e. The molecule has 8 heteroatoms. The summed E-state index contributed by atoms with van der Waals surface area (Å²) in [6.07, 6.45) is 3.04. The summed E-state index contributed by atoms with van der Waals surface area (Å²) < 4.78 is 13.1. The number of thioether (sulfide) groups is 1. The Hall–Kier alpha value is -2.84. The lowest BCUT2D eigenvalue weighted by atomic mass is 10.1. The van der Waals surface area contributed by atoms with Crippen LogP contribution in [0.4, 0.5) is 0 Å². The number of hydrogen-bond donors (Lipinski definition) is 1. The number of carbonyl (C=O) groups is 1. The van der Waals surface area contributed by atoms with Crippen LogP contribution in [0.15, 0.2) is 47.6 Å². The molecule has 1 N–H and O–H groups in total. The highest BCUT2D eigenvalue weighted by Gasteiger charge is 2.19. The van der Waals surface area contributed by atoms with Crippen LogP contribution in [0.25, 0.3) is 5.69 Å². The van der Waals surface area contributed by atoms with Crippen LogP contribution in [0.3, 0.4) is 0 Å². The Kier molecular flexibility index (Phi) is 8.24. The molecule has 1 aliphatic heterocycles. The van der Waals surface area contributed by atoms with Gasteiger partial charge in [-0.1, -0.05) is 47.2 Å². The Labute approximate surface area is 205 Å².